The molecule has 3 rings (SSSR count). The third-order valence-corrected chi connectivity index (χ3v) is 6.84. The van der Waals surface area contributed by atoms with Gasteiger partial charge < -0.3 is 10.1 Å². The number of amides is 1. The van der Waals surface area contributed by atoms with Gasteiger partial charge in [-0.1, -0.05) is 58.0 Å². The Labute approximate surface area is 202 Å². The number of benzene rings is 3. The average molecular weight is 481 g/mol. The second-order valence-electron chi connectivity index (χ2n) is 9.00. The van der Waals surface area contributed by atoms with Crippen LogP contribution in [0.3, 0.4) is 0 Å². The molecule has 6 nitrogen and oxygen atoms in total. The summed E-state index contributed by atoms with van der Waals surface area (Å²) in [5.41, 5.74) is 0.876. The van der Waals surface area contributed by atoms with E-state index in [1.807, 2.05) is 58.0 Å². The Morgan fingerprint density at radius 1 is 0.824 bits per heavy atom. The second kappa shape index (κ2) is 11.3. The minimum absolute atomic E-state index is 0.208. The highest BCUT2D eigenvalue weighted by atomic mass is 32.2. The standard InChI is InChI=1S/C27H32N2O4S/c1-20(2)18-29(19-21(3)4)34(31,32)24-16-14-22(15-17-24)28-27(30)25-12-8-9-13-26(25)33-23-10-6-5-7-11-23/h5-17,20-21H,18-19H2,1-4H3,(H,28,30). The number of rotatable bonds is 10. The molecule has 0 atom stereocenters. The van der Waals surface area contributed by atoms with Crippen LogP contribution in [0.4, 0.5) is 5.69 Å². The van der Waals surface area contributed by atoms with E-state index in [4.69, 9.17) is 4.74 Å². The molecule has 7 heteroatoms. The number of carbonyl (C=O) groups is 1. The van der Waals surface area contributed by atoms with Gasteiger partial charge in [-0.15, -0.1) is 0 Å². The summed E-state index contributed by atoms with van der Waals surface area (Å²) >= 11 is 0. The fraction of sp³-hybridized carbons (Fsp3) is 0.296. The summed E-state index contributed by atoms with van der Waals surface area (Å²) in [6, 6.07) is 22.5. The van der Waals surface area contributed by atoms with E-state index in [1.165, 1.54) is 16.4 Å². The minimum atomic E-state index is -3.63. The van der Waals surface area contributed by atoms with Gasteiger partial charge in [0.1, 0.15) is 11.5 Å². The van der Waals surface area contributed by atoms with E-state index in [2.05, 4.69) is 5.32 Å². The SMILES string of the molecule is CC(C)CN(CC(C)C)S(=O)(=O)c1ccc(NC(=O)c2ccccc2Oc2ccccc2)cc1. The topological polar surface area (TPSA) is 75.7 Å². The van der Waals surface area contributed by atoms with E-state index >= 15 is 0 Å². The van der Waals surface area contributed by atoms with Crippen molar-refractivity contribution in [3.05, 3.63) is 84.4 Å². The summed E-state index contributed by atoms with van der Waals surface area (Å²) in [5.74, 6) is 1.15. The molecular formula is C27H32N2O4S. The lowest BCUT2D eigenvalue weighted by molar-refractivity contribution is 0.102. The maximum atomic E-state index is 13.2. The average Bonchev–Trinajstić information content (AvgIpc) is 2.79. The number of nitrogens with one attached hydrogen (secondary N) is 1. The van der Waals surface area contributed by atoms with Crippen LogP contribution in [0.1, 0.15) is 38.1 Å². The minimum Gasteiger partial charge on any atom is -0.457 e. The number of sulfonamides is 1. The number of ether oxygens (including phenoxy) is 1. The van der Waals surface area contributed by atoms with Crippen LogP contribution in [0, 0.1) is 11.8 Å². The van der Waals surface area contributed by atoms with Gasteiger partial charge >= 0.3 is 0 Å². The molecule has 0 saturated heterocycles. The molecule has 0 saturated carbocycles. The molecule has 0 radical (unpaired) electrons. The first-order valence-electron chi connectivity index (χ1n) is 11.4. The Morgan fingerprint density at radius 2 is 1.38 bits per heavy atom. The van der Waals surface area contributed by atoms with E-state index in [1.54, 1.807) is 36.4 Å². The Hall–Kier alpha value is -3.16. The first kappa shape index (κ1) is 25.5. The molecule has 0 fully saturated rings. The third kappa shape index (κ3) is 6.68. The molecule has 1 N–H and O–H groups in total. The Bertz CT molecular complexity index is 1180. The number of anilines is 1. The molecule has 3 aromatic carbocycles. The van der Waals surface area contributed by atoms with Crippen molar-refractivity contribution in [3.63, 3.8) is 0 Å². The van der Waals surface area contributed by atoms with Crippen LogP contribution in [0.15, 0.2) is 83.8 Å². The zero-order valence-electron chi connectivity index (χ0n) is 20.1. The Morgan fingerprint density at radius 3 is 1.97 bits per heavy atom. The van der Waals surface area contributed by atoms with Gasteiger partial charge in [-0.2, -0.15) is 4.31 Å². The second-order valence-corrected chi connectivity index (χ2v) is 10.9. The van der Waals surface area contributed by atoms with Crippen LogP contribution in [-0.2, 0) is 10.0 Å². The van der Waals surface area contributed by atoms with Gasteiger partial charge in [0.2, 0.25) is 10.0 Å². The molecule has 0 aliphatic heterocycles. The van der Waals surface area contributed by atoms with Crippen LogP contribution in [-0.4, -0.2) is 31.7 Å². The van der Waals surface area contributed by atoms with Crippen LogP contribution >= 0.6 is 0 Å². The van der Waals surface area contributed by atoms with Gasteiger partial charge in [-0.25, -0.2) is 8.42 Å². The fourth-order valence-corrected chi connectivity index (χ4v) is 5.27. The molecule has 0 aromatic heterocycles. The van der Waals surface area contributed by atoms with Crippen molar-refractivity contribution < 1.29 is 17.9 Å². The Kier molecular flexibility index (Phi) is 8.47. The summed E-state index contributed by atoms with van der Waals surface area (Å²) in [5, 5.41) is 2.83. The van der Waals surface area contributed by atoms with Crippen LogP contribution in [0.2, 0.25) is 0 Å². The van der Waals surface area contributed by atoms with Crippen LogP contribution < -0.4 is 10.1 Å². The van der Waals surface area contributed by atoms with E-state index in [0.29, 0.717) is 35.8 Å². The van der Waals surface area contributed by atoms with E-state index < -0.39 is 10.0 Å². The lowest BCUT2D eigenvalue weighted by Gasteiger charge is -2.25. The number of carbonyl (C=O) groups excluding carboxylic acids is 1. The first-order valence-corrected chi connectivity index (χ1v) is 12.8. The summed E-state index contributed by atoms with van der Waals surface area (Å²) in [4.78, 5) is 13.1. The van der Waals surface area contributed by atoms with Crippen molar-refractivity contribution in [2.45, 2.75) is 32.6 Å². The van der Waals surface area contributed by atoms with Crippen molar-refractivity contribution >= 4 is 21.6 Å². The van der Waals surface area contributed by atoms with Gasteiger partial charge in [0.25, 0.3) is 5.91 Å². The highest BCUT2D eigenvalue weighted by Gasteiger charge is 2.26. The predicted octanol–water partition coefficient (Wildman–Crippen LogP) is 6.03. The molecule has 0 aliphatic carbocycles. The molecule has 0 unspecified atom stereocenters. The van der Waals surface area contributed by atoms with E-state index in [-0.39, 0.29) is 22.6 Å². The third-order valence-electron chi connectivity index (χ3n) is 4.99. The molecule has 0 spiro atoms. The van der Waals surface area contributed by atoms with Crippen LogP contribution in [0.5, 0.6) is 11.5 Å². The largest absolute Gasteiger partial charge is 0.457 e. The number of hydrogen-bond donors (Lipinski definition) is 1. The van der Waals surface area contributed by atoms with Crippen molar-refractivity contribution in [2.24, 2.45) is 11.8 Å². The fourth-order valence-electron chi connectivity index (χ4n) is 3.50. The molecule has 0 heterocycles. The maximum absolute atomic E-state index is 13.2. The monoisotopic (exact) mass is 480 g/mol. The van der Waals surface area contributed by atoms with E-state index in [9.17, 15) is 13.2 Å². The highest BCUT2D eigenvalue weighted by Crippen LogP contribution is 2.26. The highest BCUT2D eigenvalue weighted by molar-refractivity contribution is 7.89. The zero-order valence-corrected chi connectivity index (χ0v) is 20.9. The first-order chi connectivity index (χ1) is 16.2. The maximum Gasteiger partial charge on any atom is 0.259 e. The normalized spacial score (nSPS) is 11.7. The molecule has 0 aliphatic rings. The van der Waals surface area contributed by atoms with Crippen molar-refractivity contribution in [2.75, 3.05) is 18.4 Å². The number of nitrogens with zero attached hydrogens (tertiary/aromatic N) is 1. The summed E-state index contributed by atoms with van der Waals surface area (Å²) in [6.07, 6.45) is 0. The smallest absolute Gasteiger partial charge is 0.259 e. The lowest BCUT2D eigenvalue weighted by atomic mass is 10.2. The summed E-state index contributed by atoms with van der Waals surface area (Å²) in [6.45, 7) is 8.91. The van der Waals surface area contributed by atoms with Gasteiger partial charge in [-0.05, 0) is 60.4 Å². The van der Waals surface area contributed by atoms with Gasteiger partial charge in [0.05, 0.1) is 10.5 Å². The summed E-state index contributed by atoms with van der Waals surface area (Å²) in [7, 11) is -3.63. The van der Waals surface area contributed by atoms with Crippen molar-refractivity contribution in [1.82, 2.24) is 4.31 Å². The van der Waals surface area contributed by atoms with Gasteiger partial charge in [0, 0.05) is 18.8 Å². The molecular weight excluding hydrogens is 448 g/mol. The molecule has 34 heavy (non-hydrogen) atoms. The zero-order chi connectivity index (χ0) is 24.7. The van der Waals surface area contributed by atoms with Gasteiger partial charge in [0.15, 0.2) is 0 Å². The predicted molar refractivity (Wildman–Crippen MR) is 136 cm³/mol. The molecule has 0 bridgehead atoms. The molecule has 3 aromatic rings. The van der Waals surface area contributed by atoms with Crippen molar-refractivity contribution in [3.8, 4) is 11.5 Å². The molecule has 180 valence electrons. The van der Waals surface area contributed by atoms with Crippen LogP contribution in [0.25, 0.3) is 0 Å². The van der Waals surface area contributed by atoms with E-state index in [0.717, 1.165) is 0 Å². The quantitative estimate of drug-likeness (QED) is 0.384. The number of hydrogen-bond acceptors (Lipinski definition) is 4. The van der Waals surface area contributed by atoms with Crippen molar-refractivity contribution in [1.29, 1.82) is 0 Å². The lowest BCUT2D eigenvalue weighted by Crippen LogP contribution is -2.37. The Balaban J connectivity index is 1.77. The number of para-hydroxylation sites is 2. The van der Waals surface area contributed by atoms with Gasteiger partial charge in [-0.3, -0.25) is 4.79 Å². The summed E-state index contributed by atoms with van der Waals surface area (Å²) < 4.78 is 33.8. The molecule has 1 amide bonds.